The Morgan fingerprint density at radius 3 is 2.33 bits per heavy atom. The molecular formula is C8H14O3S. The third kappa shape index (κ3) is 1.86. The van der Waals surface area contributed by atoms with E-state index in [-0.39, 0.29) is 17.3 Å². The summed E-state index contributed by atoms with van der Waals surface area (Å²) in [5.74, 6) is 0.274. The summed E-state index contributed by atoms with van der Waals surface area (Å²) >= 11 is 0. The lowest BCUT2D eigenvalue weighted by Crippen LogP contribution is -2.39. The van der Waals surface area contributed by atoms with Gasteiger partial charge in [0, 0.05) is 5.41 Å². The van der Waals surface area contributed by atoms with Crippen LogP contribution in [0.5, 0.6) is 0 Å². The van der Waals surface area contributed by atoms with Gasteiger partial charge in [-0.1, -0.05) is 6.92 Å². The minimum atomic E-state index is -2.96. The molecule has 1 rings (SSSR count). The van der Waals surface area contributed by atoms with Crippen LogP contribution in [0.3, 0.4) is 0 Å². The van der Waals surface area contributed by atoms with E-state index in [1.807, 2.05) is 0 Å². The first-order valence-electron chi connectivity index (χ1n) is 4.07. The van der Waals surface area contributed by atoms with Gasteiger partial charge in [-0.3, -0.25) is 4.79 Å². The smallest absolute Gasteiger partial charge is 0.151 e. The van der Waals surface area contributed by atoms with Crippen LogP contribution in [0.2, 0.25) is 0 Å². The lowest BCUT2D eigenvalue weighted by atomic mass is 9.84. The fourth-order valence-corrected chi connectivity index (χ4v) is 3.64. The zero-order valence-corrected chi connectivity index (χ0v) is 8.28. The summed E-state index contributed by atoms with van der Waals surface area (Å²) in [6, 6.07) is 0. The predicted molar refractivity (Wildman–Crippen MR) is 46.7 cm³/mol. The summed E-state index contributed by atoms with van der Waals surface area (Å²) in [5, 5.41) is 0. The summed E-state index contributed by atoms with van der Waals surface area (Å²) < 4.78 is 22.4. The van der Waals surface area contributed by atoms with Crippen molar-refractivity contribution in [3.05, 3.63) is 0 Å². The highest BCUT2D eigenvalue weighted by Gasteiger charge is 2.38. The van der Waals surface area contributed by atoms with Crippen molar-refractivity contribution in [1.82, 2.24) is 0 Å². The third-order valence-corrected chi connectivity index (χ3v) is 4.56. The zero-order valence-electron chi connectivity index (χ0n) is 7.46. The van der Waals surface area contributed by atoms with Crippen LogP contribution in [0.4, 0.5) is 0 Å². The lowest BCUT2D eigenvalue weighted by molar-refractivity contribution is -0.125. The van der Waals surface area contributed by atoms with Gasteiger partial charge < -0.3 is 0 Å². The average molecular weight is 190 g/mol. The Kier molecular flexibility index (Phi) is 2.29. The molecule has 1 saturated heterocycles. The van der Waals surface area contributed by atoms with Crippen LogP contribution < -0.4 is 0 Å². The maximum Gasteiger partial charge on any atom is 0.151 e. The molecule has 0 aromatic carbocycles. The monoisotopic (exact) mass is 190 g/mol. The van der Waals surface area contributed by atoms with Gasteiger partial charge in [-0.2, -0.15) is 0 Å². The number of carbonyl (C=O) groups excluding carboxylic acids is 1. The molecule has 0 N–H and O–H groups in total. The molecule has 1 unspecified atom stereocenters. The van der Waals surface area contributed by atoms with Gasteiger partial charge in [0.2, 0.25) is 0 Å². The molecule has 1 fully saturated rings. The molecular weight excluding hydrogens is 176 g/mol. The highest BCUT2D eigenvalue weighted by molar-refractivity contribution is 7.91. The van der Waals surface area contributed by atoms with Gasteiger partial charge in [0.15, 0.2) is 9.84 Å². The number of rotatable bonds is 1. The van der Waals surface area contributed by atoms with Crippen molar-refractivity contribution in [2.45, 2.75) is 26.7 Å². The topological polar surface area (TPSA) is 51.2 Å². The summed E-state index contributed by atoms with van der Waals surface area (Å²) in [7, 11) is -2.96. The standard InChI is InChI=1S/C8H14O3S/c1-7(9)8(2)4-3-5-12(10,11)6-8/h3-6H2,1-2H3. The normalized spacial score (nSPS) is 34.5. The zero-order chi connectivity index (χ0) is 9.41. The van der Waals surface area contributed by atoms with Crippen molar-refractivity contribution >= 4 is 15.6 Å². The number of ketones is 1. The van der Waals surface area contributed by atoms with E-state index in [0.29, 0.717) is 12.8 Å². The molecule has 1 heterocycles. The van der Waals surface area contributed by atoms with Crippen LogP contribution in [0.15, 0.2) is 0 Å². The van der Waals surface area contributed by atoms with Gasteiger partial charge in [0.1, 0.15) is 5.78 Å². The number of Topliss-reactive ketones (excluding diaryl/α,β-unsaturated/α-hetero) is 1. The fraction of sp³-hybridized carbons (Fsp3) is 0.875. The number of carbonyl (C=O) groups is 1. The minimum absolute atomic E-state index is 0.00854. The van der Waals surface area contributed by atoms with Crippen LogP contribution in [-0.4, -0.2) is 25.7 Å². The minimum Gasteiger partial charge on any atom is -0.299 e. The van der Waals surface area contributed by atoms with E-state index >= 15 is 0 Å². The Bertz CT molecular complexity index is 291. The van der Waals surface area contributed by atoms with Gasteiger partial charge in [0.05, 0.1) is 11.5 Å². The second-order valence-corrected chi connectivity index (χ2v) is 6.00. The molecule has 0 spiro atoms. The van der Waals surface area contributed by atoms with Crippen molar-refractivity contribution < 1.29 is 13.2 Å². The summed E-state index contributed by atoms with van der Waals surface area (Å²) in [4.78, 5) is 11.1. The SMILES string of the molecule is CC(=O)C1(C)CCCS(=O)(=O)C1. The Morgan fingerprint density at radius 1 is 1.42 bits per heavy atom. The Labute approximate surface area is 73.1 Å². The van der Waals surface area contributed by atoms with Gasteiger partial charge >= 0.3 is 0 Å². The first kappa shape index (κ1) is 9.71. The largest absolute Gasteiger partial charge is 0.299 e. The number of sulfone groups is 1. The molecule has 0 radical (unpaired) electrons. The quantitative estimate of drug-likeness (QED) is 0.614. The highest BCUT2D eigenvalue weighted by atomic mass is 32.2. The summed E-state index contributed by atoms with van der Waals surface area (Å²) in [5.41, 5.74) is -0.614. The van der Waals surface area contributed by atoms with E-state index < -0.39 is 15.3 Å². The molecule has 0 amide bonds. The van der Waals surface area contributed by atoms with Crippen molar-refractivity contribution in [2.75, 3.05) is 11.5 Å². The first-order chi connectivity index (χ1) is 5.36. The molecule has 1 atom stereocenters. The second kappa shape index (κ2) is 2.83. The second-order valence-electron chi connectivity index (χ2n) is 3.81. The lowest BCUT2D eigenvalue weighted by Gasteiger charge is -2.30. The summed E-state index contributed by atoms with van der Waals surface area (Å²) in [6.07, 6.45) is 1.33. The predicted octanol–water partition coefficient (Wildman–Crippen LogP) is 0.790. The van der Waals surface area contributed by atoms with Crippen LogP contribution in [0, 0.1) is 5.41 Å². The van der Waals surface area contributed by atoms with Crippen LogP contribution in [0.1, 0.15) is 26.7 Å². The Hall–Kier alpha value is -0.380. The van der Waals surface area contributed by atoms with E-state index in [1.165, 1.54) is 6.92 Å². The first-order valence-corrected chi connectivity index (χ1v) is 5.89. The van der Waals surface area contributed by atoms with Gasteiger partial charge in [-0.25, -0.2) is 8.42 Å². The molecule has 3 nitrogen and oxygen atoms in total. The van der Waals surface area contributed by atoms with Crippen molar-refractivity contribution in [3.8, 4) is 0 Å². The van der Waals surface area contributed by atoms with Crippen molar-refractivity contribution in [3.63, 3.8) is 0 Å². The molecule has 0 saturated carbocycles. The molecule has 0 aromatic rings. The Balaban J connectivity index is 2.89. The van der Waals surface area contributed by atoms with Gasteiger partial charge in [-0.15, -0.1) is 0 Å². The van der Waals surface area contributed by atoms with E-state index in [4.69, 9.17) is 0 Å². The van der Waals surface area contributed by atoms with E-state index in [0.717, 1.165) is 0 Å². The molecule has 12 heavy (non-hydrogen) atoms. The van der Waals surface area contributed by atoms with Crippen molar-refractivity contribution in [2.24, 2.45) is 5.41 Å². The summed E-state index contributed by atoms with van der Waals surface area (Å²) in [6.45, 7) is 3.22. The maximum absolute atomic E-state index is 11.2. The number of hydrogen-bond donors (Lipinski definition) is 0. The van der Waals surface area contributed by atoms with Crippen LogP contribution in [-0.2, 0) is 14.6 Å². The highest BCUT2D eigenvalue weighted by Crippen LogP contribution is 2.31. The molecule has 1 aliphatic heterocycles. The fourth-order valence-electron chi connectivity index (χ4n) is 1.59. The van der Waals surface area contributed by atoms with E-state index in [2.05, 4.69) is 0 Å². The molecule has 1 aliphatic rings. The van der Waals surface area contributed by atoms with E-state index in [1.54, 1.807) is 6.92 Å². The van der Waals surface area contributed by atoms with Gasteiger partial charge in [0.25, 0.3) is 0 Å². The molecule has 0 aliphatic carbocycles. The molecule has 4 heteroatoms. The van der Waals surface area contributed by atoms with Crippen molar-refractivity contribution in [1.29, 1.82) is 0 Å². The van der Waals surface area contributed by atoms with Crippen LogP contribution in [0.25, 0.3) is 0 Å². The molecule has 70 valence electrons. The maximum atomic E-state index is 11.2. The third-order valence-electron chi connectivity index (χ3n) is 2.57. The molecule has 0 bridgehead atoms. The number of hydrogen-bond acceptors (Lipinski definition) is 3. The van der Waals surface area contributed by atoms with Crippen LogP contribution >= 0.6 is 0 Å². The Morgan fingerprint density at radius 2 is 2.00 bits per heavy atom. The van der Waals surface area contributed by atoms with Gasteiger partial charge in [-0.05, 0) is 19.8 Å². The average Bonchev–Trinajstić information content (AvgIpc) is 1.83. The molecule has 0 aromatic heterocycles. The van der Waals surface area contributed by atoms with E-state index in [9.17, 15) is 13.2 Å².